The van der Waals surface area contributed by atoms with Gasteiger partial charge in [-0.15, -0.1) is 0 Å². The first-order chi connectivity index (χ1) is 14.6. The molecule has 1 fully saturated rings. The highest BCUT2D eigenvalue weighted by Crippen LogP contribution is 2.32. The number of ether oxygens (including phenoxy) is 1. The van der Waals surface area contributed by atoms with E-state index in [0.29, 0.717) is 24.0 Å². The Labute approximate surface area is 173 Å². The molecule has 2 amide bonds. The maximum atomic E-state index is 13.0. The molecule has 2 aliphatic rings. The van der Waals surface area contributed by atoms with E-state index in [4.69, 9.17) is 4.74 Å². The van der Waals surface area contributed by atoms with Crippen LogP contribution >= 0.6 is 0 Å². The summed E-state index contributed by atoms with van der Waals surface area (Å²) in [4.78, 5) is 47.5. The van der Waals surface area contributed by atoms with E-state index in [1.807, 2.05) is 11.8 Å². The molecule has 30 heavy (non-hydrogen) atoms. The van der Waals surface area contributed by atoms with Crippen LogP contribution < -0.4 is 25.8 Å². The molecule has 1 aromatic carbocycles. The van der Waals surface area contributed by atoms with Gasteiger partial charge in [0.25, 0.3) is 5.56 Å². The quantitative estimate of drug-likeness (QED) is 0.695. The second-order valence-electron chi connectivity index (χ2n) is 7.42. The Hall–Kier alpha value is -3.36. The van der Waals surface area contributed by atoms with Gasteiger partial charge in [-0.05, 0) is 38.3 Å². The third kappa shape index (κ3) is 4.00. The fourth-order valence-electron chi connectivity index (χ4n) is 3.91. The number of nitrogens with one attached hydrogen (secondary N) is 3. The zero-order chi connectivity index (χ0) is 21.1. The summed E-state index contributed by atoms with van der Waals surface area (Å²) in [7, 11) is 0. The molecule has 0 bridgehead atoms. The van der Waals surface area contributed by atoms with Crippen molar-refractivity contribution in [1.82, 2.24) is 9.97 Å². The predicted octanol–water partition coefficient (Wildman–Crippen LogP) is 2.22. The molecule has 0 spiro atoms. The molecule has 4 rings (SSSR count). The van der Waals surface area contributed by atoms with Gasteiger partial charge in [0.1, 0.15) is 11.6 Å². The van der Waals surface area contributed by atoms with Crippen molar-refractivity contribution in [2.45, 2.75) is 38.5 Å². The van der Waals surface area contributed by atoms with Gasteiger partial charge in [-0.25, -0.2) is 0 Å². The third-order valence-corrected chi connectivity index (χ3v) is 5.36. The second-order valence-corrected chi connectivity index (χ2v) is 7.42. The van der Waals surface area contributed by atoms with E-state index >= 15 is 0 Å². The highest BCUT2D eigenvalue weighted by atomic mass is 16.5. The molecule has 9 nitrogen and oxygen atoms in total. The Morgan fingerprint density at radius 2 is 2.00 bits per heavy atom. The van der Waals surface area contributed by atoms with Crippen molar-refractivity contribution in [3.63, 3.8) is 0 Å². The molecule has 3 heterocycles. The van der Waals surface area contributed by atoms with Crippen LogP contribution in [0, 0.1) is 0 Å². The Morgan fingerprint density at radius 1 is 1.23 bits per heavy atom. The number of aromatic amines is 1. The minimum atomic E-state index is -0.935. The van der Waals surface area contributed by atoms with Crippen LogP contribution in [0.2, 0.25) is 0 Å². The van der Waals surface area contributed by atoms with Gasteiger partial charge in [0, 0.05) is 19.5 Å². The van der Waals surface area contributed by atoms with Crippen LogP contribution in [0.5, 0.6) is 5.75 Å². The molecule has 0 aliphatic carbocycles. The number of amides is 2. The average molecular weight is 411 g/mol. The number of H-pyrrole nitrogens is 1. The molecule has 1 aromatic heterocycles. The number of fused-ring (bicyclic) bond motifs is 1. The number of piperidine rings is 1. The molecule has 2 aromatic rings. The van der Waals surface area contributed by atoms with Crippen LogP contribution in [0.1, 0.15) is 44.1 Å². The molecule has 1 saturated heterocycles. The van der Waals surface area contributed by atoms with Crippen LogP contribution in [-0.2, 0) is 9.59 Å². The van der Waals surface area contributed by atoms with Crippen molar-refractivity contribution in [3.05, 3.63) is 40.2 Å². The number of carbonyl (C=O) groups is 2. The van der Waals surface area contributed by atoms with Crippen LogP contribution in [-0.4, -0.2) is 41.5 Å². The molecule has 158 valence electrons. The number of rotatable bonds is 5. The Morgan fingerprint density at radius 3 is 2.77 bits per heavy atom. The molecule has 9 heteroatoms. The molecule has 0 radical (unpaired) electrons. The number of carbonyl (C=O) groups excluding carboxylic acids is 2. The van der Waals surface area contributed by atoms with Crippen LogP contribution in [0.15, 0.2) is 29.1 Å². The smallest absolute Gasteiger partial charge is 0.258 e. The molecular weight excluding hydrogens is 386 g/mol. The largest absolute Gasteiger partial charge is 0.492 e. The maximum Gasteiger partial charge on any atom is 0.258 e. The van der Waals surface area contributed by atoms with Crippen molar-refractivity contribution in [2.75, 3.05) is 35.2 Å². The van der Waals surface area contributed by atoms with E-state index in [-0.39, 0.29) is 23.7 Å². The Bertz CT molecular complexity index is 1010. The van der Waals surface area contributed by atoms with E-state index < -0.39 is 17.4 Å². The number of hydrogen-bond donors (Lipinski definition) is 3. The number of anilines is 3. The Kier molecular flexibility index (Phi) is 5.69. The summed E-state index contributed by atoms with van der Waals surface area (Å²) in [5.41, 5.74) is 0.270. The molecule has 0 saturated carbocycles. The fraction of sp³-hybridized carbons (Fsp3) is 0.429. The van der Waals surface area contributed by atoms with E-state index in [0.717, 1.165) is 32.4 Å². The van der Waals surface area contributed by atoms with E-state index in [2.05, 4.69) is 20.6 Å². The van der Waals surface area contributed by atoms with Gasteiger partial charge < -0.3 is 20.3 Å². The fourth-order valence-corrected chi connectivity index (χ4v) is 3.91. The van der Waals surface area contributed by atoms with Gasteiger partial charge in [0.05, 0.1) is 23.8 Å². The number of benzene rings is 1. The lowest BCUT2D eigenvalue weighted by Gasteiger charge is -2.29. The zero-order valence-corrected chi connectivity index (χ0v) is 16.9. The lowest BCUT2D eigenvalue weighted by molar-refractivity contribution is -0.123. The highest BCUT2D eigenvalue weighted by Gasteiger charge is 2.35. The van der Waals surface area contributed by atoms with Gasteiger partial charge in [-0.1, -0.05) is 12.1 Å². The first-order valence-electron chi connectivity index (χ1n) is 10.3. The number of nitrogens with zero attached hydrogens (tertiary/aromatic N) is 2. The topological polar surface area (TPSA) is 116 Å². The van der Waals surface area contributed by atoms with Crippen LogP contribution in [0.4, 0.5) is 17.5 Å². The van der Waals surface area contributed by atoms with Crippen molar-refractivity contribution >= 4 is 29.3 Å². The minimum absolute atomic E-state index is 0.122. The summed E-state index contributed by atoms with van der Waals surface area (Å²) >= 11 is 0. The summed E-state index contributed by atoms with van der Waals surface area (Å²) in [6.07, 6.45) is 3.08. The number of hydrogen-bond acceptors (Lipinski definition) is 6. The molecule has 1 atom stereocenters. The lowest BCUT2D eigenvalue weighted by Crippen LogP contribution is -2.38. The first-order valence-corrected chi connectivity index (χ1v) is 10.3. The van der Waals surface area contributed by atoms with Gasteiger partial charge in [-0.2, -0.15) is 4.98 Å². The maximum absolute atomic E-state index is 13.0. The Balaban J connectivity index is 1.64. The lowest BCUT2D eigenvalue weighted by atomic mass is 9.92. The summed E-state index contributed by atoms with van der Waals surface area (Å²) in [5, 5.41) is 5.46. The van der Waals surface area contributed by atoms with Crippen LogP contribution in [0.25, 0.3) is 0 Å². The SMILES string of the molecule is CCOc1ccccc1NC(=O)C1CC(=O)Nc2nc(N3CCCCC3)[nH]c(=O)c21. The number of aromatic nitrogens is 2. The summed E-state index contributed by atoms with van der Waals surface area (Å²) in [5.74, 6) is -0.605. The predicted molar refractivity (Wildman–Crippen MR) is 113 cm³/mol. The summed E-state index contributed by atoms with van der Waals surface area (Å²) < 4.78 is 5.54. The van der Waals surface area contributed by atoms with Gasteiger partial charge in [-0.3, -0.25) is 19.4 Å². The van der Waals surface area contributed by atoms with Crippen molar-refractivity contribution in [3.8, 4) is 5.75 Å². The van der Waals surface area contributed by atoms with Gasteiger partial charge in [0.15, 0.2) is 0 Å². The summed E-state index contributed by atoms with van der Waals surface area (Å²) in [6.45, 7) is 3.90. The van der Waals surface area contributed by atoms with Crippen molar-refractivity contribution < 1.29 is 14.3 Å². The van der Waals surface area contributed by atoms with E-state index in [9.17, 15) is 14.4 Å². The molecule has 2 aliphatic heterocycles. The van der Waals surface area contributed by atoms with Crippen LogP contribution in [0.3, 0.4) is 0 Å². The first kappa shape index (κ1) is 19.9. The molecule has 1 unspecified atom stereocenters. The summed E-state index contributed by atoms with van der Waals surface area (Å²) in [6, 6.07) is 7.05. The zero-order valence-electron chi connectivity index (χ0n) is 16.9. The monoisotopic (exact) mass is 411 g/mol. The highest BCUT2D eigenvalue weighted by molar-refractivity contribution is 6.04. The van der Waals surface area contributed by atoms with E-state index in [1.165, 1.54) is 0 Å². The van der Waals surface area contributed by atoms with Crippen molar-refractivity contribution in [2.24, 2.45) is 0 Å². The third-order valence-electron chi connectivity index (χ3n) is 5.36. The average Bonchev–Trinajstić information content (AvgIpc) is 2.75. The van der Waals surface area contributed by atoms with Crippen molar-refractivity contribution in [1.29, 1.82) is 0 Å². The normalized spacial score (nSPS) is 18.4. The standard InChI is InChI=1S/C21H25N5O4/c1-2-30-15-9-5-4-8-14(15)22-19(28)13-12-16(27)23-18-17(13)20(29)25-21(24-18)26-10-6-3-7-11-26/h4-5,8-9,13H,2-3,6-7,10-12H2,1H3,(H,22,28)(H2,23,24,25,27,29). The number of para-hydroxylation sites is 2. The van der Waals surface area contributed by atoms with Gasteiger partial charge >= 0.3 is 0 Å². The van der Waals surface area contributed by atoms with E-state index in [1.54, 1.807) is 24.3 Å². The second kappa shape index (κ2) is 8.56. The van der Waals surface area contributed by atoms with Gasteiger partial charge in [0.2, 0.25) is 17.8 Å². The molecular formula is C21H25N5O4. The minimum Gasteiger partial charge on any atom is -0.492 e. The molecule has 3 N–H and O–H groups in total.